The molecule has 0 aliphatic carbocycles. The molecule has 1 unspecified atom stereocenters. The molecule has 1 atom stereocenters. The second kappa shape index (κ2) is 7.37. The lowest BCUT2D eigenvalue weighted by Gasteiger charge is -2.15. The van der Waals surface area contributed by atoms with Gasteiger partial charge in [0.15, 0.2) is 0 Å². The van der Waals surface area contributed by atoms with Crippen LogP contribution in [-0.2, 0) is 7.05 Å². The van der Waals surface area contributed by atoms with E-state index in [1.54, 1.807) is 35.7 Å². The van der Waals surface area contributed by atoms with Crippen molar-refractivity contribution in [3.8, 4) is 17.2 Å². The highest BCUT2D eigenvalue weighted by Gasteiger charge is 2.21. The molecule has 0 saturated heterocycles. The van der Waals surface area contributed by atoms with E-state index in [-0.39, 0.29) is 12.5 Å². The van der Waals surface area contributed by atoms with Gasteiger partial charge in [-0.1, -0.05) is 0 Å². The number of rotatable bonds is 5. The van der Waals surface area contributed by atoms with Crippen LogP contribution in [0.5, 0.6) is 0 Å². The highest BCUT2D eigenvalue weighted by Crippen LogP contribution is 2.30. The van der Waals surface area contributed by atoms with Crippen LogP contribution < -0.4 is 0 Å². The van der Waals surface area contributed by atoms with E-state index in [4.69, 9.17) is 0 Å². The largest absolute Gasteiger partial charge is 0.275 e. The quantitative estimate of drug-likeness (QED) is 0.663. The Hall–Kier alpha value is -4.12. The number of pyridine rings is 1. The molecule has 3 aromatic rings. The number of hydrogen-bond acceptors (Lipinski definition) is 6. The van der Waals surface area contributed by atoms with Gasteiger partial charge in [-0.25, -0.2) is 0 Å². The number of allylic oxidation sites excluding steroid dienone is 2. The third kappa shape index (κ3) is 3.16. The predicted molar refractivity (Wildman–Crippen MR) is 114 cm³/mol. The molecule has 0 amide bonds. The van der Waals surface area contributed by atoms with Crippen LogP contribution in [0.25, 0.3) is 16.8 Å². The van der Waals surface area contributed by atoms with Crippen LogP contribution in [0.4, 0.5) is 0 Å². The van der Waals surface area contributed by atoms with Crippen molar-refractivity contribution in [1.82, 2.24) is 24.5 Å². The SMILES string of the molecule is Cn1cc(-c2cncc(C(CC#N)n3cc(C4=C5C=CN=C5CC=N4)cn3)c2)cn1. The van der Waals surface area contributed by atoms with Gasteiger partial charge in [-0.2, -0.15) is 15.5 Å². The van der Waals surface area contributed by atoms with E-state index in [0.29, 0.717) is 0 Å². The van der Waals surface area contributed by atoms with Gasteiger partial charge >= 0.3 is 0 Å². The zero-order chi connectivity index (χ0) is 20.5. The van der Waals surface area contributed by atoms with E-state index in [9.17, 15) is 5.26 Å². The molecule has 0 fully saturated rings. The summed E-state index contributed by atoms with van der Waals surface area (Å²) in [7, 11) is 1.88. The molecule has 2 aliphatic heterocycles. The van der Waals surface area contributed by atoms with Gasteiger partial charge < -0.3 is 0 Å². The Bertz CT molecular complexity index is 1280. The number of aromatic nitrogens is 5. The van der Waals surface area contributed by atoms with Gasteiger partial charge in [0, 0.05) is 72.9 Å². The molecule has 0 radical (unpaired) electrons. The van der Waals surface area contributed by atoms with Crippen molar-refractivity contribution in [2.75, 3.05) is 0 Å². The molecule has 0 bridgehead atoms. The van der Waals surface area contributed by atoms with Crippen molar-refractivity contribution in [1.29, 1.82) is 5.26 Å². The normalized spacial score (nSPS) is 15.8. The van der Waals surface area contributed by atoms with Crippen molar-refractivity contribution >= 4 is 17.6 Å². The van der Waals surface area contributed by atoms with Crippen LogP contribution in [0.2, 0.25) is 0 Å². The summed E-state index contributed by atoms with van der Waals surface area (Å²) in [4.78, 5) is 13.4. The van der Waals surface area contributed by atoms with Crippen LogP contribution in [0.15, 0.2) is 71.1 Å². The Morgan fingerprint density at radius 2 is 2.00 bits per heavy atom. The summed E-state index contributed by atoms with van der Waals surface area (Å²) >= 11 is 0. The Labute approximate surface area is 173 Å². The number of aryl methyl sites for hydroxylation is 1. The lowest BCUT2D eigenvalue weighted by Crippen LogP contribution is -2.11. The van der Waals surface area contributed by atoms with E-state index in [1.807, 2.05) is 42.5 Å². The number of aliphatic imine (C=N–C) groups is 2. The van der Waals surface area contributed by atoms with Gasteiger partial charge in [-0.05, 0) is 17.7 Å². The predicted octanol–water partition coefficient (Wildman–Crippen LogP) is 3.34. The summed E-state index contributed by atoms with van der Waals surface area (Å²) in [5.74, 6) is 0. The van der Waals surface area contributed by atoms with E-state index >= 15 is 0 Å². The highest BCUT2D eigenvalue weighted by atomic mass is 15.3. The molecule has 0 spiro atoms. The molecule has 2 aliphatic rings. The maximum Gasteiger partial charge on any atom is 0.0913 e. The van der Waals surface area contributed by atoms with Gasteiger partial charge in [-0.3, -0.25) is 24.3 Å². The summed E-state index contributed by atoms with van der Waals surface area (Å²) in [6.45, 7) is 0. The van der Waals surface area contributed by atoms with Gasteiger partial charge in [0.25, 0.3) is 0 Å². The summed E-state index contributed by atoms with van der Waals surface area (Å²) in [5, 5.41) is 18.2. The fraction of sp³-hybridized carbons (Fsp3) is 0.182. The average molecular weight is 394 g/mol. The van der Waals surface area contributed by atoms with Crippen molar-refractivity contribution in [2.24, 2.45) is 17.0 Å². The number of nitrogens with zero attached hydrogens (tertiary/aromatic N) is 8. The molecule has 0 aromatic carbocycles. The second-order valence-electron chi connectivity index (χ2n) is 7.17. The van der Waals surface area contributed by atoms with Crippen molar-refractivity contribution < 1.29 is 0 Å². The maximum atomic E-state index is 9.45. The Kier molecular flexibility index (Phi) is 4.41. The minimum absolute atomic E-state index is 0.252. The molecule has 8 nitrogen and oxygen atoms in total. The molecule has 30 heavy (non-hydrogen) atoms. The maximum absolute atomic E-state index is 9.45. The standard InChI is InChI=1S/C22H18N8/c1-29-13-17(11-27-29)15-8-16(10-24-9-15)21(2-5-23)30-14-18(12-28-30)22-19-3-6-25-20(19)4-7-26-22/h3,6-14,21H,2,4H2,1H3. The van der Waals surface area contributed by atoms with Gasteiger partial charge in [0.2, 0.25) is 0 Å². The smallest absolute Gasteiger partial charge is 0.0913 e. The van der Waals surface area contributed by atoms with Crippen LogP contribution in [0.1, 0.15) is 30.0 Å². The Morgan fingerprint density at radius 1 is 1.10 bits per heavy atom. The first-order valence-electron chi connectivity index (χ1n) is 9.59. The molecule has 5 rings (SSSR count). The third-order valence-electron chi connectivity index (χ3n) is 5.20. The van der Waals surface area contributed by atoms with E-state index in [0.717, 1.165) is 45.7 Å². The summed E-state index contributed by atoms with van der Waals surface area (Å²) in [6.07, 6.45) is 17.7. The molecule has 3 aromatic heterocycles. The zero-order valence-electron chi connectivity index (χ0n) is 16.3. The van der Waals surface area contributed by atoms with Gasteiger partial charge in [0.1, 0.15) is 0 Å². The number of nitriles is 1. The highest BCUT2D eigenvalue weighted by molar-refractivity contribution is 6.17. The molecule has 146 valence electrons. The molecule has 0 saturated carbocycles. The fourth-order valence-corrected chi connectivity index (χ4v) is 3.72. The lowest BCUT2D eigenvalue weighted by atomic mass is 10.0. The van der Waals surface area contributed by atoms with Crippen molar-refractivity contribution in [3.63, 3.8) is 0 Å². The molecule has 8 heteroatoms. The third-order valence-corrected chi connectivity index (χ3v) is 5.20. The topological polar surface area (TPSA) is 97.0 Å². The average Bonchev–Trinajstić information content (AvgIpc) is 3.52. The van der Waals surface area contributed by atoms with Crippen LogP contribution in [0, 0.1) is 11.3 Å². The van der Waals surface area contributed by atoms with Crippen molar-refractivity contribution in [3.05, 3.63) is 72.2 Å². The van der Waals surface area contributed by atoms with Crippen LogP contribution in [-0.4, -0.2) is 36.5 Å². The first kappa shape index (κ1) is 17.9. The van der Waals surface area contributed by atoms with Crippen molar-refractivity contribution in [2.45, 2.75) is 18.9 Å². The Morgan fingerprint density at radius 3 is 2.83 bits per heavy atom. The first-order valence-corrected chi connectivity index (χ1v) is 9.59. The first-order chi connectivity index (χ1) is 14.7. The van der Waals surface area contributed by atoms with Crippen LogP contribution >= 0.6 is 0 Å². The molecular formula is C22H18N8. The summed E-state index contributed by atoms with van der Waals surface area (Å²) in [6, 6.07) is 4.07. The van der Waals surface area contributed by atoms with Gasteiger partial charge in [-0.15, -0.1) is 0 Å². The Balaban J connectivity index is 1.51. The zero-order valence-corrected chi connectivity index (χ0v) is 16.3. The number of hydrogen-bond donors (Lipinski definition) is 0. The molecule has 5 heterocycles. The minimum Gasteiger partial charge on any atom is -0.275 e. The molecular weight excluding hydrogens is 376 g/mol. The number of fused-ring (bicyclic) bond motifs is 1. The summed E-state index contributed by atoms with van der Waals surface area (Å²) < 4.78 is 3.57. The fourth-order valence-electron chi connectivity index (χ4n) is 3.72. The molecule has 0 N–H and O–H groups in total. The van der Waals surface area contributed by atoms with E-state index in [1.165, 1.54) is 0 Å². The van der Waals surface area contributed by atoms with E-state index < -0.39 is 0 Å². The second-order valence-corrected chi connectivity index (χ2v) is 7.17. The van der Waals surface area contributed by atoms with Crippen LogP contribution in [0.3, 0.4) is 0 Å². The minimum atomic E-state index is -0.252. The summed E-state index contributed by atoms with van der Waals surface area (Å²) in [5.41, 5.74) is 6.67. The van der Waals surface area contributed by atoms with Gasteiger partial charge in [0.05, 0.1) is 42.3 Å². The lowest BCUT2D eigenvalue weighted by molar-refractivity contribution is 0.531. The monoisotopic (exact) mass is 394 g/mol. The van der Waals surface area contributed by atoms with E-state index in [2.05, 4.69) is 31.2 Å².